The van der Waals surface area contributed by atoms with Gasteiger partial charge in [-0.25, -0.2) is 0 Å². The van der Waals surface area contributed by atoms with Crippen LogP contribution >= 0.6 is 0 Å². The predicted octanol–water partition coefficient (Wildman–Crippen LogP) is 2.18. The average Bonchev–Trinajstić information content (AvgIpc) is 2.54. The van der Waals surface area contributed by atoms with Crippen molar-refractivity contribution in [2.24, 2.45) is 0 Å². The lowest BCUT2D eigenvalue weighted by atomic mass is 10.1. The van der Waals surface area contributed by atoms with E-state index in [0.29, 0.717) is 11.5 Å². The van der Waals surface area contributed by atoms with Gasteiger partial charge in [0.25, 0.3) is 5.91 Å². The van der Waals surface area contributed by atoms with Crippen LogP contribution in [0.25, 0.3) is 0 Å². The minimum Gasteiger partial charge on any atom is -0.369 e. The second kappa shape index (κ2) is 7.33. The monoisotopic (exact) mass is 285 g/mol. The van der Waals surface area contributed by atoms with Crippen LogP contribution in [0.4, 0.5) is 5.82 Å². The molecular weight excluding hydrogens is 266 g/mol. The molecular formula is C15H19N5O. The van der Waals surface area contributed by atoms with Crippen LogP contribution < -0.4 is 10.6 Å². The van der Waals surface area contributed by atoms with E-state index < -0.39 is 0 Å². The van der Waals surface area contributed by atoms with Gasteiger partial charge in [-0.05, 0) is 43.2 Å². The Bertz CT molecular complexity index is 570. The van der Waals surface area contributed by atoms with E-state index in [4.69, 9.17) is 0 Å². The third-order valence-electron chi connectivity index (χ3n) is 3.01. The zero-order valence-electron chi connectivity index (χ0n) is 12.2. The van der Waals surface area contributed by atoms with Gasteiger partial charge in [0.15, 0.2) is 5.69 Å². The van der Waals surface area contributed by atoms with Crippen LogP contribution in [0.2, 0.25) is 0 Å². The van der Waals surface area contributed by atoms with Crippen molar-refractivity contribution in [1.29, 1.82) is 0 Å². The maximum atomic E-state index is 12.1. The number of rotatable bonds is 6. The van der Waals surface area contributed by atoms with Gasteiger partial charge < -0.3 is 10.6 Å². The number of anilines is 1. The summed E-state index contributed by atoms with van der Waals surface area (Å²) in [5.41, 5.74) is 1.30. The molecule has 1 amide bonds. The van der Waals surface area contributed by atoms with E-state index in [0.717, 1.165) is 18.5 Å². The van der Waals surface area contributed by atoms with E-state index in [1.165, 1.54) is 0 Å². The van der Waals surface area contributed by atoms with E-state index in [2.05, 4.69) is 32.7 Å². The molecule has 0 bridgehead atoms. The molecule has 2 rings (SSSR count). The van der Waals surface area contributed by atoms with Crippen molar-refractivity contribution in [3.63, 3.8) is 0 Å². The van der Waals surface area contributed by atoms with Crippen molar-refractivity contribution in [2.45, 2.75) is 26.3 Å². The van der Waals surface area contributed by atoms with Crippen LogP contribution in [0.3, 0.4) is 0 Å². The molecule has 2 aromatic rings. The van der Waals surface area contributed by atoms with Crippen LogP contribution in [-0.2, 0) is 0 Å². The third-order valence-corrected chi connectivity index (χ3v) is 3.01. The molecule has 0 fully saturated rings. The fraction of sp³-hybridized carbons (Fsp3) is 0.333. The highest BCUT2D eigenvalue weighted by Crippen LogP contribution is 2.11. The van der Waals surface area contributed by atoms with E-state index in [9.17, 15) is 4.79 Å². The molecule has 0 aliphatic rings. The third kappa shape index (κ3) is 4.24. The summed E-state index contributed by atoms with van der Waals surface area (Å²) < 4.78 is 0. The maximum absolute atomic E-state index is 12.1. The normalized spacial score (nSPS) is 11.7. The van der Waals surface area contributed by atoms with Crippen molar-refractivity contribution in [3.8, 4) is 0 Å². The summed E-state index contributed by atoms with van der Waals surface area (Å²) in [6.45, 7) is 4.82. The molecule has 0 aliphatic heterocycles. The molecule has 0 aromatic carbocycles. The standard InChI is InChI=1S/C15H19N5O/c1-3-8-17-14-5-4-13(19-20-14)15(21)18-11(2)12-6-9-16-10-7-12/h4-7,9-11H,3,8H2,1-2H3,(H,17,20)(H,18,21). The molecule has 0 saturated carbocycles. The number of carbonyl (C=O) groups is 1. The largest absolute Gasteiger partial charge is 0.369 e. The molecule has 2 aromatic heterocycles. The summed E-state index contributed by atoms with van der Waals surface area (Å²) in [7, 11) is 0. The molecule has 0 spiro atoms. The smallest absolute Gasteiger partial charge is 0.272 e. The lowest BCUT2D eigenvalue weighted by molar-refractivity contribution is 0.0934. The van der Waals surface area contributed by atoms with Gasteiger partial charge in [-0.2, -0.15) is 0 Å². The van der Waals surface area contributed by atoms with Crippen molar-refractivity contribution in [3.05, 3.63) is 47.9 Å². The summed E-state index contributed by atoms with van der Waals surface area (Å²) >= 11 is 0. The minimum absolute atomic E-state index is 0.111. The first-order valence-electron chi connectivity index (χ1n) is 6.99. The number of nitrogens with one attached hydrogen (secondary N) is 2. The number of nitrogens with zero attached hydrogens (tertiary/aromatic N) is 3. The average molecular weight is 285 g/mol. The predicted molar refractivity (Wildman–Crippen MR) is 80.9 cm³/mol. The van der Waals surface area contributed by atoms with Crippen molar-refractivity contribution >= 4 is 11.7 Å². The van der Waals surface area contributed by atoms with Crippen LogP contribution in [0.1, 0.15) is 42.4 Å². The number of amides is 1. The lowest BCUT2D eigenvalue weighted by Crippen LogP contribution is -2.27. The molecule has 6 heteroatoms. The SMILES string of the molecule is CCCNc1ccc(C(=O)NC(C)c2ccncc2)nn1. The first kappa shape index (κ1) is 14.9. The van der Waals surface area contributed by atoms with Crippen molar-refractivity contribution in [2.75, 3.05) is 11.9 Å². The van der Waals surface area contributed by atoms with E-state index in [1.54, 1.807) is 24.5 Å². The Morgan fingerprint density at radius 2 is 1.95 bits per heavy atom. The minimum atomic E-state index is -0.242. The Morgan fingerprint density at radius 3 is 2.57 bits per heavy atom. The van der Waals surface area contributed by atoms with Gasteiger partial charge in [0, 0.05) is 18.9 Å². The van der Waals surface area contributed by atoms with Gasteiger partial charge in [-0.1, -0.05) is 6.92 Å². The summed E-state index contributed by atoms with van der Waals surface area (Å²) in [5, 5.41) is 13.9. The quantitative estimate of drug-likeness (QED) is 0.850. The van der Waals surface area contributed by atoms with Gasteiger partial charge in [0.2, 0.25) is 0 Å². The van der Waals surface area contributed by atoms with Crippen LogP contribution in [-0.4, -0.2) is 27.6 Å². The number of hydrogen-bond acceptors (Lipinski definition) is 5. The number of aromatic nitrogens is 3. The summed E-state index contributed by atoms with van der Waals surface area (Å²) in [4.78, 5) is 16.1. The van der Waals surface area contributed by atoms with Gasteiger partial charge in [-0.3, -0.25) is 9.78 Å². The van der Waals surface area contributed by atoms with E-state index in [-0.39, 0.29) is 11.9 Å². The molecule has 2 N–H and O–H groups in total. The second-order valence-electron chi connectivity index (χ2n) is 4.71. The van der Waals surface area contributed by atoms with Gasteiger partial charge in [0.1, 0.15) is 5.82 Å². The molecule has 110 valence electrons. The first-order valence-corrected chi connectivity index (χ1v) is 6.99. The molecule has 0 radical (unpaired) electrons. The molecule has 1 atom stereocenters. The second-order valence-corrected chi connectivity index (χ2v) is 4.71. The van der Waals surface area contributed by atoms with Gasteiger partial charge in [-0.15, -0.1) is 10.2 Å². The first-order chi connectivity index (χ1) is 10.2. The Kier molecular flexibility index (Phi) is 5.20. The number of pyridine rings is 1. The highest BCUT2D eigenvalue weighted by atomic mass is 16.2. The fourth-order valence-electron chi connectivity index (χ4n) is 1.81. The molecule has 6 nitrogen and oxygen atoms in total. The maximum Gasteiger partial charge on any atom is 0.272 e. The molecule has 0 saturated heterocycles. The fourth-order valence-corrected chi connectivity index (χ4v) is 1.81. The number of hydrogen-bond donors (Lipinski definition) is 2. The highest BCUT2D eigenvalue weighted by Gasteiger charge is 2.12. The summed E-state index contributed by atoms with van der Waals surface area (Å²) in [6, 6.07) is 7.05. The van der Waals surface area contributed by atoms with Crippen LogP contribution in [0.15, 0.2) is 36.7 Å². The van der Waals surface area contributed by atoms with Crippen molar-refractivity contribution in [1.82, 2.24) is 20.5 Å². The summed E-state index contributed by atoms with van der Waals surface area (Å²) in [5.74, 6) is 0.435. The Hall–Kier alpha value is -2.50. The van der Waals surface area contributed by atoms with Crippen LogP contribution in [0, 0.1) is 0 Å². The summed E-state index contributed by atoms with van der Waals surface area (Å²) in [6.07, 6.45) is 4.41. The van der Waals surface area contributed by atoms with Crippen molar-refractivity contribution < 1.29 is 4.79 Å². The zero-order valence-corrected chi connectivity index (χ0v) is 12.2. The van der Waals surface area contributed by atoms with Gasteiger partial charge >= 0.3 is 0 Å². The Balaban J connectivity index is 1.97. The van der Waals surface area contributed by atoms with Gasteiger partial charge in [0.05, 0.1) is 6.04 Å². The molecule has 0 aliphatic carbocycles. The Labute approximate surface area is 124 Å². The van der Waals surface area contributed by atoms with Crippen LogP contribution in [0.5, 0.6) is 0 Å². The molecule has 1 unspecified atom stereocenters. The van der Waals surface area contributed by atoms with E-state index >= 15 is 0 Å². The molecule has 21 heavy (non-hydrogen) atoms. The highest BCUT2D eigenvalue weighted by molar-refractivity contribution is 5.92. The lowest BCUT2D eigenvalue weighted by Gasteiger charge is -2.13. The number of carbonyl (C=O) groups excluding carboxylic acids is 1. The van der Waals surface area contributed by atoms with E-state index in [1.807, 2.05) is 19.1 Å². The Morgan fingerprint density at radius 1 is 1.19 bits per heavy atom. The zero-order chi connectivity index (χ0) is 15.1. The topological polar surface area (TPSA) is 79.8 Å². The molecule has 2 heterocycles.